The SMILES string of the molecule is O=[N+]([O-])C(c1ccccc1)(C(c1ccccc1)([N+](=O)[O-])S(=O)(=O)O)S(=O)(=O)O. The molecule has 0 amide bonds. The van der Waals surface area contributed by atoms with Crippen molar-refractivity contribution in [1.82, 2.24) is 0 Å². The summed E-state index contributed by atoms with van der Waals surface area (Å²) in [6, 6.07) is 9.54. The molecule has 2 unspecified atom stereocenters. The lowest BCUT2D eigenvalue weighted by atomic mass is 9.92. The third-order valence-corrected chi connectivity index (χ3v) is 7.03. The van der Waals surface area contributed by atoms with Crippen molar-refractivity contribution < 1.29 is 35.8 Å². The molecule has 0 radical (unpaired) electrons. The topological polar surface area (TPSA) is 195 Å². The van der Waals surface area contributed by atoms with Crippen LogP contribution in [0.1, 0.15) is 11.1 Å². The summed E-state index contributed by atoms with van der Waals surface area (Å²) in [5.41, 5.74) is -2.11. The van der Waals surface area contributed by atoms with Gasteiger partial charge in [0.15, 0.2) is 0 Å². The second kappa shape index (κ2) is 6.90. The van der Waals surface area contributed by atoms with Crippen molar-refractivity contribution in [3.05, 3.63) is 92.0 Å². The summed E-state index contributed by atoms with van der Waals surface area (Å²) >= 11 is 0. The van der Waals surface area contributed by atoms with E-state index in [1.54, 1.807) is 0 Å². The van der Waals surface area contributed by atoms with Gasteiger partial charge in [0, 0.05) is 0 Å². The molecule has 0 heterocycles. The molecule has 150 valence electrons. The van der Waals surface area contributed by atoms with Gasteiger partial charge in [-0.1, -0.05) is 60.7 Å². The summed E-state index contributed by atoms with van der Waals surface area (Å²) in [4.78, 5) is 11.7. The molecule has 2 atom stereocenters. The summed E-state index contributed by atoms with van der Waals surface area (Å²) < 4.78 is 68.8. The molecule has 0 bridgehead atoms. The normalized spacial score (nSPS) is 16.5. The molecule has 0 saturated heterocycles. The maximum Gasteiger partial charge on any atom is 0.456 e. The van der Waals surface area contributed by atoms with Gasteiger partial charge >= 0.3 is 30.0 Å². The van der Waals surface area contributed by atoms with E-state index in [1.807, 2.05) is 0 Å². The summed E-state index contributed by atoms with van der Waals surface area (Å²) in [6.07, 6.45) is 0. The van der Waals surface area contributed by atoms with Gasteiger partial charge in [-0.2, -0.15) is 16.8 Å². The second-order valence-corrected chi connectivity index (χ2v) is 8.57. The van der Waals surface area contributed by atoms with Gasteiger partial charge in [-0.25, -0.2) is 0 Å². The summed E-state index contributed by atoms with van der Waals surface area (Å²) in [6.45, 7) is 0. The average molecular weight is 432 g/mol. The first-order valence-corrected chi connectivity index (χ1v) is 10.1. The Bertz CT molecular complexity index is 1030. The quantitative estimate of drug-likeness (QED) is 0.362. The number of hydrogen-bond donors (Lipinski definition) is 2. The van der Waals surface area contributed by atoms with E-state index in [2.05, 4.69) is 0 Å². The van der Waals surface area contributed by atoms with Crippen LogP contribution in [0.5, 0.6) is 0 Å². The minimum Gasteiger partial charge on any atom is -0.279 e. The van der Waals surface area contributed by atoms with E-state index in [0.717, 1.165) is 24.3 Å². The molecule has 0 spiro atoms. The number of nitro groups is 2. The molecule has 2 N–H and O–H groups in total. The molecule has 0 aliphatic heterocycles. The minimum absolute atomic E-state index is 0.711. The maximum absolute atomic E-state index is 12.3. The molecular weight excluding hydrogens is 420 g/mol. The molecule has 0 saturated carbocycles. The number of nitrogens with zero attached hydrogens (tertiary/aromatic N) is 2. The maximum atomic E-state index is 12.3. The summed E-state index contributed by atoms with van der Waals surface area (Å²) in [7, 11) is -12.4. The minimum atomic E-state index is -6.19. The Morgan fingerprint density at radius 1 is 0.643 bits per heavy atom. The van der Waals surface area contributed by atoms with E-state index in [9.17, 15) is 46.2 Å². The molecule has 2 rings (SSSR count). The lowest BCUT2D eigenvalue weighted by Gasteiger charge is -2.32. The van der Waals surface area contributed by atoms with Crippen molar-refractivity contribution in [2.24, 2.45) is 0 Å². The largest absolute Gasteiger partial charge is 0.456 e. The highest BCUT2D eigenvalue weighted by molar-refractivity contribution is 7.90. The molecular formula is C14H12N2O10S2. The van der Waals surface area contributed by atoms with Crippen molar-refractivity contribution in [1.29, 1.82) is 0 Å². The van der Waals surface area contributed by atoms with Crippen molar-refractivity contribution in [3.8, 4) is 0 Å². The molecule has 0 aliphatic carbocycles. The molecule has 0 fully saturated rings. The lowest BCUT2D eigenvalue weighted by molar-refractivity contribution is -0.659. The van der Waals surface area contributed by atoms with Gasteiger partial charge < -0.3 is 0 Å². The van der Waals surface area contributed by atoms with Crippen LogP contribution in [0.4, 0.5) is 0 Å². The molecule has 14 heteroatoms. The van der Waals surface area contributed by atoms with Gasteiger partial charge in [-0.3, -0.25) is 29.3 Å². The fourth-order valence-electron chi connectivity index (χ4n) is 3.01. The molecule has 2 aromatic rings. The highest BCUT2D eigenvalue weighted by Gasteiger charge is 2.87. The van der Waals surface area contributed by atoms with Gasteiger partial charge in [0.05, 0.1) is 21.0 Å². The van der Waals surface area contributed by atoms with E-state index >= 15 is 0 Å². The fraction of sp³-hybridized carbons (Fsp3) is 0.143. The van der Waals surface area contributed by atoms with Crippen molar-refractivity contribution in [3.63, 3.8) is 0 Å². The van der Waals surface area contributed by atoms with Crippen molar-refractivity contribution >= 4 is 20.2 Å². The third kappa shape index (κ3) is 2.73. The van der Waals surface area contributed by atoms with Crippen LogP contribution < -0.4 is 0 Å². The Balaban J connectivity index is 3.33. The van der Waals surface area contributed by atoms with Crippen LogP contribution in [-0.2, 0) is 30.0 Å². The Morgan fingerprint density at radius 2 is 0.893 bits per heavy atom. The highest BCUT2D eigenvalue weighted by Crippen LogP contribution is 2.51. The second-order valence-electron chi connectivity index (χ2n) is 5.48. The Labute approximate surface area is 158 Å². The average Bonchev–Trinajstić information content (AvgIpc) is 2.58. The first kappa shape index (κ1) is 21.4. The van der Waals surface area contributed by atoms with Gasteiger partial charge in [0.25, 0.3) is 0 Å². The van der Waals surface area contributed by atoms with Gasteiger partial charge in [-0.05, 0) is 0 Å². The first-order valence-electron chi connectivity index (χ1n) is 7.19. The van der Waals surface area contributed by atoms with Crippen LogP contribution in [0.25, 0.3) is 0 Å². The van der Waals surface area contributed by atoms with E-state index in [4.69, 9.17) is 0 Å². The summed E-state index contributed by atoms with van der Waals surface area (Å²) in [5, 5.41) is 24.1. The zero-order valence-electron chi connectivity index (χ0n) is 13.6. The monoisotopic (exact) mass is 432 g/mol. The van der Waals surface area contributed by atoms with Gasteiger partial charge in [0.2, 0.25) is 0 Å². The third-order valence-electron chi connectivity index (χ3n) is 4.05. The zero-order chi connectivity index (χ0) is 21.4. The van der Waals surface area contributed by atoms with Gasteiger partial charge in [0.1, 0.15) is 0 Å². The molecule has 2 aromatic carbocycles. The first-order chi connectivity index (χ1) is 12.8. The predicted molar refractivity (Wildman–Crippen MR) is 93.3 cm³/mol. The fourth-order valence-corrected chi connectivity index (χ4v) is 5.97. The zero-order valence-corrected chi connectivity index (χ0v) is 15.3. The van der Waals surface area contributed by atoms with Crippen molar-refractivity contribution in [2.75, 3.05) is 0 Å². The number of rotatable bonds is 7. The molecule has 0 aliphatic rings. The van der Waals surface area contributed by atoms with Crippen LogP contribution in [0.15, 0.2) is 60.7 Å². The van der Waals surface area contributed by atoms with Crippen LogP contribution in [-0.4, -0.2) is 35.8 Å². The Kier molecular flexibility index (Phi) is 5.26. The lowest BCUT2D eigenvalue weighted by Crippen LogP contribution is -2.66. The van der Waals surface area contributed by atoms with Gasteiger partial charge in [-0.15, -0.1) is 0 Å². The van der Waals surface area contributed by atoms with Crippen LogP contribution >= 0.6 is 0 Å². The highest BCUT2D eigenvalue weighted by atomic mass is 32.2. The summed E-state index contributed by atoms with van der Waals surface area (Å²) in [5.74, 6) is 0. The molecule has 28 heavy (non-hydrogen) atoms. The molecule has 12 nitrogen and oxygen atoms in total. The predicted octanol–water partition coefficient (Wildman–Crippen LogP) is 1.02. The molecule has 0 aromatic heterocycles. The smallest absolute Gasteiger partial charge is 0.279 e. The standard InChI is InChI=1S/C14H12N2O10S2/c17-15(18)13(27(21,22)23,11-7-3-1-4-8-11)14(16(19)20,28(24,25)26)12-9-5-2-6-10-12/h1-10H,(H,21,22,23)(H,24,25,26). The Morgan fingerprint density at radius 3 is 1.07 bits per heavy atom. The Hall–Kier alpha value is -2.94. The number of hydrogen-bond acceptors (Lipinski definition) is 8. The number of benzene rings is 2. The van der Waals surface area contributed by atoms with Crippen LogP contribution in [0.2, 0.25) is 0 Å². The van der Waals surface area contributed by atoms with E-state index in [1.165, 1.54) is 12.1 Å². The van der Waals surface area contributed by atoms with E-state index < -0.39 is 51.0 Å². The van der Waals surface area contributed by atoms with Crippen LogP contribution in [0.3, 0.4) is 0 Å². The van der Waals surface area contributed by atoms with E-state index in [0.29, 0.717) is 24.3 Å². The van der Waals surface area contributed by atoms with Crippen molar-refractivity contribution in [2.45, 2.75) is 9.74 Å². The van der Waals surface area contributed by atoms with Crippen LogP contribution in [0, 0.1) is 20.2 Å². The van der Waals surface area contributed by atoms with E-state index in [-0.39, 0.29) is 0 Å².